The number of thiophene rings is 1. The predicted octanol–water partition coefficient (Wildman–Crippen LogP) is 2.40. The Morgan fingerprint density at radius 3 is 3.07 bits per heavy atom. The predicted molar refractivity (Wildman–Crippen MR) is 56.6 cm³/mol. The Morgan fingerprint density at radius 2 is 2.50 bits per heavy atom. The molecule has 1 atom stereocenters. The number of hydrogen-bond donors (Lipinski definition) is 2. The SMILES string of the molecule is OC(Cc1sccc1Cl)c1cn[nH]c1. The molecule has 1 unspecified atom stereocenters. The Balaban J connectivity index is 2.09. The molecular formula is C9H9ClN2OS. The van der Waals surface area contributed by atoms with Crippen molar-refractivity contribution in [3.63, 3.8) is 0 Å². The smallest absolute Gasteiger partial charge is 0.0869 e. The second kappa shape index (κ2) is 4.13. The minimum Gasteiger partial charge on any atom is -0.388 e. The van der Waals surface area contributed by atoms with Gasteiger partial charge in [-0.15, -0.1) is 11.3 Å². The summed E-state index contributed by atoms with van der Waals surface area (Å²) >= 11 is 7.47. The zero-order chi connectivity index (χ0) is 9.97. The lowest BCUT2D eigenvalue weighted by molar-refractivity contribution is 0.179. The molecule has 0 spiro atoms. The molecule has 2 aromatic rings. The van der Waals surface area contributed by atoms with Crippen LogP contribution in [0.1, 0.15) is 16.5 Å². The molecule has 0 aromatic carbocycles. The normalized spacial score (nSPS) is 13.0. The Bertz CT molecular complexity index is 399. The van der Waals surface area contributed by atoms with E-state index in [1.54, 1.807) is 23.7 Å². The summed E-state index contributed by atoms with van der Waals surface area (Å²) in [5.41, 5.74) is 0.787. The molecule has 0 radical (unpaired) electrons. The third-order valence-electron chi connectivity index (χ3n) is 1.97. The van der Waals surface area contributed by atoms with E-state index in [1.807, 2.05) is 11.4 Å². The van der Waals surface area contributed by atoms with E-state index in [0.29, 0.717) is 6.42 Å². The largest absolute Gasteiger partial charge is 0.388 e. The van der Waals surface area contributed by atoms with Crippen molar-refractivity contribution in [3.05, 3.63) is 39.3 Å². The molecule has 0 amide bonds. The molecule has 2 N–H and O–H groups in total. The van der Waals surface area contributed by atoms with Crippen LogP contribution in [0.5, 0.6) is 0 Å². The second-order valence-electron chi connectivity index (χ2n) is 2.94. The quantitative estimate of drug-likeness (QED) is 0.848. The molecule has 2 rings (SSSR count). The Kier molecular flexibility index (Phi) is 2.86. The van der Waals surface area contributed by atoms with Gasteiger partial charge in [-0.25, -0.2) is 0 Å². The summed E-state index contributed by atoms with van der Waals surface area (Å²) in [7, 11) is 0. The maximum absolute atomic E-state index is 9.79. The van der Waals surface area contributed by atoms with Gasteiger partial charge in [-0.2, -0.15) is 5.10 Å². The number of halogens is 1. The van der Waals surface area contributed by atoms with Gasteiger partial charge in [0.1, 0.15) is 0 Å². The van der Waals surface area contributed by atoms with Gasteiger partial charge in [0.25, 0.3) is 0 Å². The van der Waals surface area contributed by atoms with Crippen LogP contribution >= 0.6 is 22.9 Å². The van der Waals surface area contributed by atoms with Crippen molar-refractivity contribution in [3.8, 4) is 0 Å². The van der Waals surface area contributed by atoms with E-state index in [9.17, 15) is 5.11 Å². The van der Waals surface area contributed by atoms with Crippen LogP contribution in [0.15, 0.2) is 23.8 Å². The van der Waals surface area contributed by atoms with Gasteiger partial charge in [-0.05, 0) is 11.4 Å². The van der Waals surface area contributed by atoms with Crippen LogP contribution in [0, 0.1) is 0 Å². The molecule has 0 bridgehead atoms. The zero-order valence-electron chi connectivity index (χ0n) is 7.27. The Labute approximate surface area is 90.4 Å². The summed E-state index contributed by atoms with van der Waals surface area (Å²) < 4.78 is 0. The summed E-state index contributed by atoms with van der Waals surface area (Å²) in [5, 5.41) is 18.9. The van der Waals surface area contributed by atoms with Gasteiger partial charge >= 0.3 is 0 Å². The van der Waals surface area contributed by atoms with E-state index in [4.69, 9.17) is 11.6 Å². The molecule has 74 valence electrons. The van der Waals surface area contributed by atoms with Gasteiger partial charge in [0.15, 0.2) is 0 Å². The van der Waals surface area contributed by atoms with Gasteiger partial charge in [0.05, 0.1) is 17.3 Å². The van der Waals surface area contributed by atoms with E-state index in [1.165, 1.54) is 0 Å². The minimum absolute atomic E-state index is 0.537. The fourth-order valence-electron chi connectivity index (χ4n) is 1.21. The number of H-pyrrole nitrogens is 1. The summed E-state index contributed by atoms with van der Waals surface area (Å²) in [6, 6.07) is 1.84. The highest BCUT2D eigenvalue weighted by Gasteiger charge is 2.12. The summed E-state index contributed by atoms with van der Waals surface area (Å²) in [6.45, 7) is 0. The molecule has 3 nitrogen and oxygen atoms in total. The number of nitrogens with zero attached hydrogens (tertiary/aromatic N) is 1. The number of rotatable bonds is 3. The van der Waals surface area contributed by atoms with Crippen LogP contribution in [-0.4, -0.2) is 15.3 Å². The van der Waals surface area contributed by atoms with Crippen LogP contribution in [0.4, 0.5) is 0 Å². The van der Waals surface area contributed by atoms with Crippen molar-refractivity contribution >= 4 is 22.9 Å². The van der Waals surface area contributed by atoms with Crippen molar-refractivity contribution in [2.24, 2.45) is 0 Å². The van der Waals surface area contributed by atoms with Crippen molar-refractivity contribution in [1.82, 2.24) is 10.2 Å². The topological polar surface area (TPSA) is 48.9 Å². The number of aliphatic hydroxyl groups is 1. The van der Waals surface area contributed by atoms with Crippen molar-refractivity contribution < 1.29 is 5.11 Å². The van der Waals surface area contributed by atoms with E-state index < -0.39 is 6.10 Å². The third kappa shape index (κ3) is 1.97. The number of nitrogens with one attached hydrogen (secondary N) is 1. The van der Waals surface area contributed by atoms with Crippen LogP contribution in [-0.2, 0) is 6.42 Å². The van der Waals surface area contributed by atoms with E-state index in [0.717, 1.165) is 15.5 Å². The zero-order valence-corrected chi connectivity index (χ0v) is 8.85. The van der Waals surface area contributed by atoms with Crippen LogP contribution < -0.4 is 0 Å². The molecule has 5 heteroatoms. The summed E-state index contributed by atoms with van der Waals surface area (Å²) in [4.78, 5) is 1.00. The molecule has 0 aliphatic carbocycles. The number of aliphatic hydroxyl groups excluding tert-OH is 1. The summed E-state index contributed by atoms with van der Waals surface area (Å²) in [5.74, 6) is 0. The molecule has 2 aromatic heterocycles. The van der Waals surface area contributed by atoms with Crippen molar-refractivity contribution in [2.45, 2.75) is 12.5 Å². The third-order valence-corrected chi connectivity index (χ3v) is 3.38. The molecule has 2 heterocycles. The Hall–Kier alpha value is -0.840. The molecule has 0 aliphatic heterocycles. The Morgan fingerprint density at radius 1 is 1.64 bits per heavy atom. The monoisotopic (exact) mass is 228 g/mol. The number of aromatic nitrogens is 2. The minimum atomic E-state index is -0.537. The lowest BCUT2D eigenvalue weighted by Crippen LogP contribution is -1.99. The van der Waals surface area contributed by atoms with Crippen molar-refractivity contribution in [2.75, 3.05) is 0 Å². The molecule has 0 fully saturated rings. The first-order valence-electron chi connectivity index (χ1n) is 4.16. The first-order valence-corrected chi connectivity index (χ1v) is 5.41. The second-order valence-corrected chi connectivity index (χ2v) is 4.35. The molecule has 0 saturated heterocycles. The van der Waals surface area contributed by atoms with E-state index >= 15 is 0 Å². The van der Waals surface area contributed by atoms with Gasteiger partial charge in [-0.1, -0.05) is 11.6 Å². The average Bonchev–Trinajstić information content (AvgIpc) is 2.77. The molecule has 14 heavy (non-hydrogen) atoms. The molecule has 0 aliphatic rings. The van der Waals surface area contributed by atoms with Crippen LogP contribution in [0.2, 0.25) is 5.02 Å². The first-order chi connectivity index (χ1) is 6.77. The average molecular weight is 229 g/mol. The lowest BCUT2D eigenvalue weighted by Gasteiger charge is -2.06. The maximum atomic E-state index is 9.79. The van der Waals surface area contributed by atoms with Gasteiger partial charge in [0.2, 0.25) is 0 Å². The van der Waals surface area contributed by atoms with Crippen LogP contribution in [0.25, 0.3) is 0 Å². The highest BCUT2D eigenvalue weighted by Crippen LogP contribution is 2.27. The summed E-state index contributed by atoms with van der Waals surface area (Å²) in [6.07, 6.45) is 3.30. The first kappa shape index (κ1) is 9.71. The highest BCUT2D eigenvalue weighted by atomic mass is 35.5. The highest BCUT2D eigenvalue weighted by molar-refractivity contribution is 7.10. The fourth-order valence-corrected chi connectivity index (χ4v) is 2.36. The van der Waals surface area contributed by atoms with Gasteiger partial charge < -0.3 is 5.11 Å². The van der Waals surface area contributed by atoms with Crippen molar-refractivity contribution in [1.29, 1.82) is 0 Å². The fraction of sp³-hybridized carbons (Fsp3) is 0.222. The van der Waals surface area contributed by atoms with Gasteiger partial charge in [-0.3, -0.25) is 5.10 Å². The lowest BCUT2D eigenvalue weighted by atomic mass is 10.1. The standard InChI is InChI=1S/C9H9ClN2OS/c10-7-1-2-14-9(7)3-8(13)6-4-11-12-5-6/h1-2,4-5,8,13H,3H2,(H,11,12). The van der Waals surface area contributed by atoms with Crippen LogP contribution in [0.3, 0.4) is 0 Å². The molecular weight excluding hydrogens is 220 g/mol. The van der Waals surface area contributed by atoms with E-state index in [-0.39, 0.29) is 0 Å². The van der Waals surface area contributed by atoms with Gasteiger partial charge in [0, 0.05) is 23.1 Å². The van der Waals surface area contributed by atoms with E-state index in [2.05, 4.69) is 10.2 Å². The maximum Gasteiger partial charge on any atom is 0.0869 e. The number of aromatic amines is 1. The molecule has 0 saturated carbocycles. The number of hydrogen-bond acceptors (Lipinski definition) is 3.